The zero-order chi connectivity index (χ0) is 24.1. The predicted octanol–water partition coefficient (Wildman–Crippen LogP) is 5.29. The molecule has 1 aliphatic rings. The summed E-state index contributed by atoms with van der Waals surface area (Å²) in [4.78, 5) is 17.5. The number of hydrogen-bond donors (Lipinski definition) is 1. The molecule has 1 N–H and O–H groups in total. The van der Waals surface area contributed by atoms with Gasteiger partial charge in [0.05, 0.1) is 25.0 Å². The summed E-state index contributed by atoms with van der Waals surface area (Å²) in [5, 5.41) is 5.65. The number of ether oxygens (including phenoxy) is 1. The van der Waals surface area contributed by atoms with Crippen LogP contribution in [0.15, 0.2) is 42.9 Å². The van der Waals surface area contributed by atoms with Crippen molar-refractivity contribution in [1.82, 2.24) is 29.5 Å². The number of fused-ring (bicyclic) bond motifs is 4. The van der Waals surface area contributed by atoms with E-state index < -0.39 is 0 Å². The van der Waals surface area contributed by atoms with Gasteiger partial charge in [-0.15, -0.1) is 0 Å². The molecule has 6 rings (SSSR count). The first-order chi connectivity index (χ1) is 17.0. The first-order valence-electron chi connectivity index (χ1n) is 12.0. The Morgan fingerprint density at radius 2 is 2.09 bits per heavy atom. The van der Waals surface area contributed by atoms with Crippen LogP contribution in [0.5, 0.6) is 5.75 Å². The van der Waals surface area contributed by atoms with Gasteiger partial charge in [0.1, 0.15) is 17.4 Å². The van der Waals surface area contributed by atoms with E-state index in [2.05, 4.69) is 28.9 Å². The van der Waals surface area contributed by atoms with E-state index in [0.717, 1.165) is 59.4 Å². The second kappa shape index (κ2) is 8.45. The van der Waals surface area contributed by atoms with Gasteiger partial charge in [0.25, 0.3) is 0 Å². The number of aromatic nitrogens is 6. The molecule has 1 atom stereocenters. The van der Waals surface area contributed by atoms with Crippen LogP contribution >= 0.6 is 0 Å². The smallest absolute Gasteiger partial charge is 0.165 e. The van der Waals surface area contributed by atoms with Crippen LogP contribution in [-0.4, -0.2) is 36.7 Å². The Morgan fingerprint density at radius 1 is 1.20 bits per heavy atom. The third-order valence-electron chi connectivity index (χ3n) is 7.04. The standard InChI is InChI=1S/C27H27FN6O/c1-15(2)21-14-30-34-24(32-26(33-27(21)34)17-11-18(35-3)13-29-12-17)10-16-7-8-23-20(9-16)19-5-4-6-22(28)25(19)31-23/h4-6,11-16,31H,7-10H2,1-3H3. The highest BCUT2D eigenvalue weighted by molar-refractivity contribution is 5.85. The van der Waals surface area contributed by atoms with E-state index in [0.29, 0.717) is 23.0 Å². The average Bonchev–Trinajstić information content (AvgIpc) is 3.47. The fourth-order valence-corrected chi connectivity index (χ4v) is 5.18. The monoisotopic (exact) mass is 470 g/mol. The van der Waals surface area contributed by atoms with Crippen molar-refractivity contribution in [3.05, 3.63) is 71.3 Å². The number of methoxy groups -OCH3 is 1. The van der Waals surface area contributed by atoms with Crippen molar-refractivity contribution < 1.29 is 9.13 Å². The first-order valence-corrected chi connectivity index (χ1v) is 12.0. The molecule has 5 aromatic rings. The van der Waals surface area contributed by atoms with Crippen molar-refractivity contribution in [2.75, 3.05) is 7.11 Å². The fraction of sp³-hybridized carbons (Fsp3) is 0.333. The molecule has 178 valence electrons. The number of halogens is 1. The number of aryl methyl sites for hydroxylation is 1. The van der Waals surface area contributed by atoms with Gasteiger partial charge in [-0.25, -0.2) is 18.9 Å². The summed E-state index contributed by atoms with van der Waals surface area (Å²) >= 11 is 0. The highest BCUT2D eigenvalue weighted by Gasteiger charge is 2.26. The minimum atomic E-state index is -0.194. The van der Waals surface area contributed by atoms with Crippen LogP contribution in [0.3, 0.4) is 0 Å². The Morgan fingerprint density at radius 3 is 2.91 bits per heavy atom. The Hall–Kier alpha value is -3.81. The van der Waals surface area contributed by atoms with Gasteiger partial charge >= 0.3 is 0 Å². The largest absolute Gasteiger partial charge is 0.495 e. The van der Waals surface area contributed by atoms with E-state index >= 15 is 0 Å². The van der Waals surface area contributed by atoms with Crippen molar-refractivity contribution in [1.29, 1.82) is 0 Å². The molecule has 1 unspecified atom stereocenters. The van der Waals surface area contributed by atoms with Crippen molar-refractivity contribution in [2.45, 2.75) is 45.4 Å². The lowest BCUT2D eigenvalue weighted by Gasteiger charge is -2.22. The second-order valence-electron chi connectivity index (χ2n) is 9.62. The van der Waals surface area contributed by atoms with E-state index in [4.69, 9.17) is 14.7 Å². The molecule has 0 fully saturated rings. The fourth-order valence-electron chi connectivity index (χ4n) is 5.18. The molecule has 1 aliphatic carbocycles. The summed E-state index contributed by atoms with van der Waals surface area (Å²) < 4.78 is 21.6. The van der Waals surface area contributed by atoms with Crippen molar-refractivity contribution in [3.8, 4) is 17.1 Å². The van der Waals surface area contributed by atoms with Crippen LogP contribution in [0.4, 0.5) is 4.39 Å². The maximum Gasteiger partial charge on any atom is 0.165 e. The lowest BCUT2D eigenvalue weighted by molar-refractivity contribution is 0.413. The number of aromatic amines is 1. The number of H-pyrrole nitrogens is 1. The van der Waals surface area contributed by atoms with E-state index in [1.807, 2.05) is 22.8 Å². The van der Waals surface area contributed by atoms with E-state index in [1.54, 1.807) is 25.6 Å². The summed E-state index contributed by atoms with van der Waals surface area (Å²) in [6.07, 6.45) is 8.85. The molecule has 0 aliphatic heterocycles. The maximum absolute atomic E-state index is 14.3. The molecule has 0 radical (unpaired) electrons. The normalized spacial score (nSPS) is 15.7. The van der Waals surface area contributed by atoms with Crippen LogP contribution in [0.25, 0.3) is 27.9 Å². The maximum atomic E-state index is 14.3. The van der Waals surface area contributed by atoms with Gasteiger partial charge in [0.15, 0.2) is 11.5 Å². The Kier molecular flexibility index (Phi) is 5.24. The van der Waals surface area contributed by atoms with Crippen LogP contribution < -0.4 is 4.74 Å². The third kappa shape index (κ3) is 3.73. The Labute approximate surface area is 202 Å². The molecule has 35 heavy (non-hydrogen) atoms. The molecular weight excluding hydrogens is 443 g/mol. The Balaban J connectivity index is 1.41. The summed E-state index contributed by atoms with van der Waals surface area (Å²) in [5.41, 5.74) is 5.71. The molecule has 8 heteroatoms. The molecule has 0 saturated carbocycles. The SMILES string of the molecule is COc1cncc(-c2nc(CC3CCc4[nH]c5c(F)cccc5c4C3)n3ncc(C(C)C)c3n2)c1. The number of benzene rings is 1. The number of para-hydroxylation sites is 1. The predicted molar refractivity (Wildman–Crippen MR) is 132 cm³/mol. The average molecular weight is 471 g/mol. The topological polar surface area (TPSA) is 81.0 Å². The van der Waals surface area contributed by atoms with Gasteiger partial charge in [-0.2, -0.15) is 5.10 Å². The van der Waals surface area contributed by atoms with Crippen LogP contribution in [0, 0.1) is 11.7 Å². The molecule has 0 spiro atoms. The van der Waals surface area contributed by atoms with Crippen molar-refractivity contribution >= 4 is 16.6 Å². The van der Waals surface area contributed by atoms with Gasteiger partial charge in [-0.1, -0.05) is 26.0 Å². The van der Waals surface area contributed by atoms with Crippen LogP contribution in [-0.2, 0) is 19.3 Å². The first kappa shape index (κ1) is 21.7. The lowest BCUT2D eigenvalue weighted by Crippen LogP contribution is -2.19. The quantitative estimate of drug-likeness (QED) is 0.378. The summed E-state index contributed by atoms with van der Waals surface area (Å²) in [5.74, 6) is 2.61. The van der Waals surface area contributed by atoms with E-state index in [9.17, 15) is 4.39 Å². The second-order valence-corrected chi connectivity index (χ2v) is 9.62. The van der Waals surface area contributed by atoms with Gasteiger partial charge in [-0.3, -0.25) is 4.98 Å². The number of nitrogens with one attached hydrogen (secondary N) is 1. The Bertz CT molecular complexity index is 1550. The van der Waals surface area contributed by atoms with Crippen LogP contribution in [0.2, 0.25) is 0 Å². The van der Waals surface area contributed by atoms with Crippen LogP contribution in [0.1, 0.15) is 48.8 Å². The molecule has 4 aromatic heterocycles. The highest BCUT2D eigenvalue weighted by Crippen LogP contribution is 2.34. The highest BCUT2D eigenvalue weighted by atomic mass is 19.1. The third-order valence-corrected chi connectivity index (χ3v) is 7.04. The number of pyridine rings is 1. The number of hydrogen-bond acceptors (Lipinski definition) is 5. The molecule has 0 amide bonds. The number of rotatable bonds is 5. The van der Waals surface area contributed by atoms with Gasteiger partial charge in [0.2, 0.25) is 0 Å². The molecular formula is C27H27FN6O. The minimum absolute atomic E-state index is 0.194. The molecule has 4 heterocycles. The number of nitrogens with zero attached hydrogens (tertiary/aromatic N) is 5. The van der Waals surface area contributed by atoms with Crippen molar-refractivity contribution in [3.63, 3.8) is 0 Å². The molecule has 7 nitrogen and oxygen atoms in total. The zero-order valence-electron chi connectivity index (χ0n) is 20.0. The van der Waals surface area contributed by atoms with Gasteiger partial charge in [-0.05, 0) is 48.8 Å². The summed E-state index contributed by atoms with van der Waals surface area (Å²) in [7, 11) is 1.62. The molecule has 1 aromatic carbocycles. The summed E-state index contributed by atoms with van der Waals surface area (Å²) in [6.45, 7) is 4.29. The zero-order valence-corrected chi connectivity index (χ0v) is 20.0. The van der Waals surface area contributed by atoms with E-state index in [-0.39, 0.29) is 11.7 Å². The van der Waals surface area contributed by atoms with Gasteiger partial charge < -0.3 is 9.72 Å². The van der Waals surface area contributed by atoms with E-state index in [1.165, 1.54) is 11.6 Å². The summed E-state index contributed by atoms with van der Waals surface area (Å²) in [6, 6.07) is 7.21. The lowest BCUT2D eigenvalue weighted by atomic mass is 9.84. The molecule has 0 saturated heterocycles. The van der Waals surface area contributed by atoms with Gasteiger partial charge in [0, 0.05) is 34.8 Å². The molecule has 0 bridgehead atoms. The van der Waals surface area contributed by atoms with Crippen molar-refractivity contribution in [2.24, 2.45) is 5.92 Å². The minimum Gasteiger partial charge on any atom is -0.495 e.